The SMILES string of the molecule is O=Cc1cnccc1-c1ccccc1Cl. The third-order valence-electron chi connectivity index (χ3n) is 2.14. The average Bonchev–Trinajstić information content (AvgIpc) is 2.30. The predicted octanol–water partition coefficient (Wildman–Crippen LogP) is 3.21. The highest BCUT2D eigenvalue weighted by atomic mass is 35.5. The number of benzene rings is 1. The molecule has 0 aliphatic heterocycles. The molecule has 0 spiro atoms. The number of aldehydes is 1. The van der Waals surface area contributed by atoms with Crippen molar-refractivity contribution in [2.45, 2.75) is 0 Å². The first-order valence-electron chi connectivity index (χ1n) is 4.47. The van der Waals surface area contributed by atoms with Crippen molar-refractivity contribution < 1.29 is 4.79 Å². The minimum absolute atomic E-state index is 0.547. The van der Waals surface area contributed by atoms with Gasteiger partial charge in [0.1, 0.15) is 0 Å². The maximum Gasteiger partial charge on any atom is 0.152 e. The van der Waals surface area contributed by atoms with Crippen LogP contribution in [-0.2, 0) is 0 Å². The molecule has 0 bridgehead atoms. The van der Waals surface area contributed by atoms with Crippen molar-refractivity contribution in [1.29, 1.82) is 0 Å². The molecule has 1 aromatic carbocycles. The number of hydrogen-bond donors (Lipinski definition) is 0. The number of aromatic nitrogens is 1. The van der Waals surface area contributed by atoms with Gasteiger partial charge in [-0.15, -0.1) is 0 Å². The van der Waals surface area contributed by atoms with E-state index < -0.39 is 0 Å². The summed E-state index contributed by atoms with van der Waals surface area (Å²) in [6, 6.07) is 9.20. The summed E-state index contributed by atoms with van der Waals surface area (Å²) in [6.45, 7) is 0. The van der Waals surface area contributed by atoms with E-state index in [1.54, 1.807) is 18.3 Å². The Labute approximate surface area is 92.5 Å². The lowest BCUT2D eigenvalue weighted by Crippen LogP contribution is -1.89. The summed E-state index contributed by atoms with van der Waals surface area (Å²) in [4.78, 5) is 14.7. The Hall–Kier alpha value is -1.67. The first kappa shape index (κ1) is 9.87. The molecule has 3 heteroatoms. The number of pyridine rings is 1. The predicted molar refractivity (Wildman–Crippen MR) is 60.1 cm³/mol. The van der Waals surface area contributed by atoms with E-state index in [2.05, 4.69) is 4.98 Å². The summed E-state index contributed by atoms with van der Waals surface area (Å²) in [6.07, 6.45) is 3.96. The van der Waals surface area contributed by atoms with Crippen LogP contribution in [0.2, 0.25) is 5.02 Å². The monoisotopic (exact) mass is 217 g/mol. The summed E-state index contributed by atoms with van der Waals surface area (Å²) in [5, 5.41) is 0.631. The van der Waals surface area contributed by atoms with E-state index in [1.807, 2.05) is 18.2 Å². The zero-order valence-electron chi connectivity index (χ0n) is 7.85. The van der Waals surface area contributed by atoms with Crippen LogP contribution in [-0.4, -0.2) is 11.3 Å². The number of hydrogen-bond acceptors (Lipinski definition) is 2. The Balaban J connectivity index is 2.64. The Morgan fingerprint density at radius 3 is 2.67 bits per heavy atom. The molecular weight excluding hydrogens is 210 g/mol. The van der Waals surface area contributed by atoms with Crippen molar-refractivity contribution in [2.24, 2.45) is 0 Å². The van der Waals surface area contributed by atoms with Crippen LogP contribution < -0.4 is 0 Å². The molecule has 0 saturated heterocycles. The van der Waals surface area contributed by atoms with Gasteiger partial charge in [0.25, 0.3) is 0 Å². The lowest BCUT2D eigenvalue weighted by molar-refractivity contribution is 0.112. The van der Waals surface area contributed by atoms with Crippen molar-refractivity contribution >= 4 is 17.9 Å². The molecule has 2 rings (SSSR count). The topological polar surface area (TPSA) is 30.0 Å². The molecule has 0 aliphatic carbocycles. The second-order valence-electron chi connectivity index (χ2n) is 3.06. The van der Waals surface area contributed by atoms with Crippen LogP contribution in [0.25, 0.3) is 11.1 Å². The van der Waals surface area contributed by atoms with E-state index in [0.717, 1.165) is 17.4 Å². The van der Waals surface area contributed by atoms with E-state index in [1.165, 1.54) is 6.20 Å². The molecule has 74 valence electrons. The quantitative estimate of drug-likeness (QED) is 0.723. The lowest BCUT2D eigenvalue weighted by Gasteiger charge is -2.05. The van der Waals surface area contributed by atoms with Crippen molar-refractivity contribution in [3.63, 3.8) is 0 Å². The summed E-state index contributed by atoms with van der Waals surface area (Å²) in [5.74, 6) is 0. The van der Waals surface area contributed by atoms with Crippen LogP contribution in [0, 0.1) is 0 Å². The van der Waals surface area contributed by atoms with Crippen LogP contribution in [0.5, 0.6) is 0 Å². The highest BCUT2D eigenvalue weighted by Gasteiger charge is 2.06. The number of nitrogens with zero attached hydrogens (tertiary/aromatic N) is 1. The summed E-state index contributed by atoms with van der Waals surface area (Å²) in [5.41, 5.74) is 2.21. The van der Waals surface area contributed by atoms with Crippen molar-refractivity contribution in [3.05, 3.63) is 53.3 Å². The van der Waals surface area contributed by atoms with Gasteiger partial charge in [0, 0.05) is 28.5 Å². The van der Waals surface area contributed by atoms with Gasteiger partial charge < -0.3 is 0 Å². The van der Waals surface area contributed by atoms with Crippen molar-refractivity contribution in [3.8, 4) is 11.1 Å². The smallest absolute Gasteiger partial charge is 0.152 e. The molecule has 15 heavy (non-hydrogen) atoms. The minimum Gasteiger partial charge on any atom is -0.298 e. The van der Waals surface area contributed by atoms with E-state index in [4.69, 9.17) is 11.6 Å². The van der Waals surface area contributed by atoms with E-state index in [0.29, 0.717) is 10.6 Å². The number of rotatable bonds is 2. The highest BCUT2D eigenvalue weighted by Crippen LogP contribution is 2.28. The van der Waals surface area contributed by atoms with Gasteiger partial charge in [-0.1, -0.05) is 29.8 Å². The van der Waals surface area contributed by atoms with E-state index in [-0.39, 0.29) is 0 Å². The molecule has 0 saturated carbocycles. The van der Waals surface area contributed by atoms with Gasteiger partial charge in [-0.3, -0.25) is 9.78 Å². The second kappa shape index (κ2) is 4.24. The standard InChI is InChI=1S/C12H8ClNO/c13-12-4-2-1-3-11(12)10-5-6-14-7-9(10)8-15/h1-8H. The third-order valence-corrected chi connectivity index (χ3v) is 2.47. The van der Waals surface area contributed by atoms with Crippen molar-refractivity contribution in [1.82, 2.24) is 4.98 Å². The van der Waals surface area contributed by atoms with Crippen LogP contribution in [0.15, 0.2) is 42.7 Å². The Morgan fingerprint density at radius 1 is 1.13 bits per heavy atom. The second-order valence-corrected chi connectivity index (χ2v) is 3.47. The fraction of sp³-hybridized carbons (Fsp3) is 0. The molecule has 0 atom stereocenters. The fourth-order valence-corrected chi connectivity index (χ4v) is 1.66. The van der Waals surface area contributed by atoms with Gasteiger partial charge in [0.2, 0.25) is 0 Å². The molecule has 0 aliphatic rings. The maximum absolute atomic E-state index is 10.8. The van der Waals surface area contributed by atoms with Gasteiger partial charge >= 0.3 is 0 Å². The zero-order chi connectivity index (χ0) is 10.7. The van der Waals surface area contributed by atoms with Gasteiger partial charge in [-0.05, 0) is 17.7 Å². The number of halogens is 1. The van der Waals surface area contributed by atoms with Crippen LogP contribution in [0.4, 0.5) is 0 Å². The van der Waals surface area contributed by atoms with Crippen LogP contribution in [0.1, 0.15) is 10.4 Å². The molecule has 2 aromatic rings. The molecular formula is C12H8ClNO. The van der Waals surface area contributed by atoms with Crippen LogP contribution >= 0.6 is 11.6 Å². The molecule has 0 N–H and O–H groups in total. The summed E-state index contributed by atoms with van der Waals surface area (Å²) < 4.78 is 0. The summed E-state index contributed by atoms with van der Waals surface area (Å²) >= 11 is 6.05. The zero-order valence-corrected chi connectivity index (χ0v) is 8.61. The first-order valence-corrected chi connectivity index (χ1v) is 4.85. The Kier molecular flexibility index (Phi) is 2.79. The number of carbonyl (C=O) groups is 1. The van der Waals surface area contributed by atoms with Gasteiger partial charge in [0.15, 0.2) is 6.29 Å². The highest BCUT2D eigenvalue weighted by molar-refractivity contribution is 6.33. The fourth-order valence-electron chi connectivity index (χ4n) is 1.43. The normalized spacial score (nSPS) is 9.93. The molecule has 1 heterocycles. The van der Waals surface area contributed by atoms with Gasteiger partial charge in [-0.2, -0.15) is 0 Å². The van der Waals surface area contributed by atoms with Gasteiger partial charge in [0.05, 0.1) is 0 Å². The minimum atomic E-state index is 0.547. The van der Waals surface area contributed by atoms with E-state index >= 15 is 0 Å². The molecule has 0 radical (unpaired) electrons. The molecule has 0 unspecified atom stereocenters. The maximum atomic E-state index is 10.8. The van der Waals surface area contributed by atoms with E-state index in [9.17, 15) is 4.79 Å². The Morgan fingerprint density at radius 2 is 1.93 bits per heavy atom. The first-order chi connectivity index (χ1) is 7.33. The van der Waals surface area contributed by atoms with Crippen molar-refractivity contribution in [2.75, 3.05) is 0 Å². The van der Waals surface area contributed by atoms with Gasteiger partial charge in [-0.25, -0.2) is 0 Å². The molecule has 0 fully saturated rings. The molecule has 0 amide bonds. The number of carbonyl (C=O) groups excluding carboxylic acids is 1. The summed E-state index contributed by atoms with van der Waals surface area (Å²) in [7, 11) is 0. The Bertz CT molecular complexity index is 496. The lowest BCUT2D eigenvalue weighted by atomic mass is 10.0. The molecule has 2 nitrogen and oxygen atoms in total. The largest absolute Gasteiger partial charge is 0.298 e. The molecule has 1 aromatic heterocycles. The average molecular weight is 218 g/mol. The van der Waals surface area contributed by atoms with Crippen LogP contribution in [0.3, 0.4) is 0 Å². The third kappa shape index (κ3) is 1.90.